The van der Waals surface area contributed by atoms with Crippen molar-refractivity contribution in [2.45, 2.75) is 26.3 Å². The lowest BCUT2D eigenvalue weighted by atomic mass is 10.1. The van der Waals surface area contributed by atoms with Crippen molar-refractivity contribution >= 4 is 28.9 Å². The first-order valence-electron chi connectivity index (χ1n) is 9.94. The molecule has 0 spiro atoms. The van der Waals surface area contributed by atoms with Gasteiger partial charge in [-0.2, -0.15) is 0 Å². The molecule has 1 saturated heterocycles. The first-order chi connectivity index (χ1) is 14.2. The molecule has 2 aliphatic rings. The number of carbonyl (C=O) groups excluding carboxylic acids is 1. The number of unbranched alkanes of at least 4 members (excludes halogenated alkanes) is 1. The van der Waals surface area contributed by atoms with Gasteiger partial charge in [0.15, 0.2) is 16.7 Å². The Morgan fingerprint density at radius 1 is 1.10 bits per heavy atom. The van der Waals surface area contributed by atoms with Gasteiger partial charge in [0.05, 0.1) is 11.4 Å². The molecule has 29 heavy (non-hydrogen) atoms. The van der Waals surface area contributed by atoms with E-state index in [4.69, 9.17) is 14.5 Å². The number of carbonyl (C=O) groups is 1. The first-order valence-corrected chi connectivity index (χ1v) is 10.8. The molecular formula is C23H24N2O3S. The molecule has 5 nitrogen and oxygen atoms in total. The molecule has 4 rings (SSSR count). The van der Waals surface area contributed by atoms with Crippen LogP contribution in [0.5, 0.6) is 11.5 Å². The summed E-state index contributed by atoms with van der Waals surface area (Å²) in [7, 11) is 0. The average Bonchev–Trinajstić information content (AvgIpc) is 3.05. The molecule has 6 heteroatoms. The number of amides is 1. The van der Waals surface area contributed by atoms with Crippen molar-refractivity contribution in [2.75, 3.05) is 19.8 Å². The lowest BCUT2D eigenvalue weighted by molar-refractivity contribution is -0.122. The van der Waals surface area contributed by atoms with Crippen LogP contribution in [0.4, 0.5) is 0 Å². The maximum absolute atomic E-state index is 13.0. The Hall–Kier alpha value is -2.73. The van der Waals surface area contributed by atoms with Gasteiger partial charge in [-0.05, 0) is 47.5 Å². The summed E-state index contributed by atoms with van der Waals surface area (Å²) >= 11 is 1.44. The van der Waals surface area contributed by atoms with E-state index in [9.17, 15) is 4.79 Å². The predicted molar refractivity (Wildman–Crippen MR) is 117 cm³/mol. The van der Waals surface area contributed by atoms with Crippen molar-refractivity contribution in [3.8, 4) is 11.5 Å². The average molecular weight is 409 g/mol. The van der Waals surface area contributed by atoms with Gasteiger partial charge in [0.2, 0.25) is 0 Å². The Labute approximate surface area is 175 Å². The fourth-order valence-electron chi connectivity index (χ4n) is 3.18. The minimum absolute atomic E-state index is 0.0187. The Kier molecular flexibility index (Phi) is 6.20. The van der Waals surface area contributed by atoms with E-state index >= 15 is 0 Å². The maximum Gasteiger partial charge on any atom is 0.266 e. The van der Waals surface area contributed by atoms with Gasteiger partial charge in [-0.3, -0.25) is 14.7 Å². The summed E-state index contributed by atoms with van der Waals surface area (Å²) in [6.45, 7) is 4.49. The minimum Gasteiger partial charge on any atom is -0.486 e. The number of nitrogens with zero attached hydrogens (tertiary/aromatic N) is 2. The zero-order valence-corrected chi connectivity index (χ0v) is 17.3. The molecule has 0 radical (unpaired) electrons. The Balaban J connectivity index is 1.57. The van der Waals surface area contributed by atoms with Crippen LogP contribution in [-0.2, 0) is 11.3 Å². The molecule has 0 bridgehead atoms. The quantitative estimate of drug-likeness (QED) is 0.649. The summed E-state index contributed by atoms with van der Waals surface area (Å²) in [4.78, 5) is 20.3. The minimum atomic E-state index is 0.0187. The normalized spacial score (nSPS) is 18.7. The Morgan fingerprint density at radius 2 is 1.90 bits per heavy atom. The number of amidine groups is 1. The van der Waals surface area contributed by atoms with Crippen LogP contribution < -0.4 is 9.47 Å². The highest BCUT2D eigenvalue weighted by Crippen LogP contribution is 2.36. The molecule has 0 aromatic heterocycles. The van der Waals surface area contributed by atoms with Crippen LogP contribution in [0.1, 0.15) is 30.9 Å². The number of aliphatic imine (C=N–C) groups is 1. The Bertz CT molecular complexity index is 940. The maximum atomic E-state index is 13.0. The second-order valence-electron chi connectivity index (χ2n) is 6.91. The van der Waals surface area contributed by atoms with Gasteiger partial charge in [0.25, 0.3) is 5.91 Å². The van der Waals surface area contributed by atoms with Crippen molar-refractivity contribution in [1.82, 2.24) is 4.90 Å². The highest BCUT2D eigenvalue weighted by Gasteiger charge is 2.32. The van der Waals surface area contributed by atoms with Gasteiger partial charge >= 0.3 is 0 Å². The summed E-state index contributed by atoms with van der Waals surface area (Å²) in [5, 5.41) is 0.774. The van der Waals surface area contributed by atoms with Crippen LogP contribution in [-0.4, -0.2) is 35.7 Å². The number of ether oxygens (including phenoxy) is 2. The summed E-state index contributed by atoms with van der Waals surface area (Å²) < 4.78 is 11.2. The van der Waals surface area contributed by atoms with Gasteiger partial charge < -0.3 is 9.47 Å². The van der Waals surface area contributed by atoms with Crippen molar-refractivity contribution in [3.63, 3.8) is 0 Å². The topological polar surface area (TPSA) is 51.1 Å². The fraction of sp³-hybridized carbons (Fsp3) is 0.304. The van der Waals surface area contributed by atoms with Crippen LogP contribution in [0.25, 0.3) is 6.08 Å². The molecular weight excluding hydrogens is 384 g/mol. The predicted octanol–water partition coefficient (Wildman–Crippen LogP) is 4.73. The van der Waals surface area contributed by atoms with Gasteiger partial charge in [-0.15, -0.1) is 0 Å². The number of fused-ring (bicyclic) bond motifs is 1. The van der Waals surface area contributed by atoms with Gasteiger partial charge in [0, 0.05) is 6.54 Å². The van der Waals surface area contributed by atoms with Crippen molar-refractivity contribution < 1.29 is 14.3 Å². The lowest BCUT2D eigenvalue weighted by Gasteiger charge is -2.18. The number of hydrogen-bond donors (Lipinski definition) is 0. The van der Waals surface area contributed by atoms with Crippen molar-refractivity contribution in [1.29, 1.82) is 0 Å². The molecule has 2 aromatic rings. The van der Waals surface area contributed by atoms with E-state index in [1.165, 1.54) is 11.8 Å². The molecule has 0 aliphatic carbocycles. The third-order valence-electron chi connectivity index (χ3n) is 4.73. The summed E-state index contributed by atoms with van der Waals surface area (Å²) in [5.41, 5.74) is 2.05. The second-order valence-corrected chi connectivity index (χ2v) is 7.92. The van der Waals surface area contributed by atoms with Crippen molar-refractivity contribution in [2.24, 2.45) is 4.99 Å². The highest BCUT2D eigenvalue weighted by atomic mass is 32.2. The van der Waals surface area contributed by atoms with Gasteiger partial charge in [-0.1, -0.05) is 49.7 Å². The molecule has 0 saturated carbocycles. The van der Waals surface area contributed by atoms with Crippen LogP contribution in [0.3, 0.4) is 0 Å². The molecule has 2 aromatic carbocycles. The van der Waals surface area contributed by atoms with Crippen LogP contribution in [0, 0.1) is 0 Å². The van der Waals surface area contributed by atoms with E-state index in [1.54, 1.807) is 4.90 Å². The number of thioether (sulfide) groups is 1. The van der Waals surface area contributed by atoms with E-state index in [2.05, 4.69) is 6.92 Å². The third-order valence-corrected chi connectivity index (χ3v) is 5.77. The van der Waals surface area contributed by atoms with Gasteiger partial charge in [-0.25, -0.2) is 0 Å². The van der Waals surface area contributed by atoms with Crippen LogP contribution >= 0.6 is 11.8 Å². The van der Waals surface area contributed by atoms with Crippen LogP contribution in [0.2, 0.25) is 0 Å². The molecule has 1 fully saturated rings. The SMILES string of the molecule is CCCCN1C(=O)/C(=C/c2ccc3c(c2)OCCO3)SC1=NCc1ccccc1. The largest absolute Gasteiger partial charge is 0.486 e. The fourth-order valence-corrected chi connectivity index (χ4v) is 4.19. The highest BCUT2D eigenvalue weighted by molar-refractivity contribution is 8.18. The molecule has 0 unspecified atom stereocenters. The number of rotatable bonds is 6. The monoisotopic (exact) mass is 408 g/mol. The molecule has 2 heterocycles. The van der Waals surface area contributed by atoms with E-state index in [0.29, 0.717) is 31.2 Å². The van der Waals surface area contributed by atoms with Crippen molar-refractivity contribution in [3.05, 3.63) is 64.6 Å². The van der Waals surface area contributed by atoms with Crippen LogP contribution in [0.15, 0.2) is 58.4 Å². The molecule has 150 valence electrons. The Morgan fingerprint density at radius 3 is 2.69 bits per heavy atom. The summed E-state index contributed by atoms with van der Waals surface area (Å²) in [6, 6.07) is 15.9. The molecule has 0 atom stereocenters. The molecule has 0 N–H and O–H groups in total. The van der Waals surface area contributed by atoms with E-state index < -0.39 is 0 Å². The second kappa shape index (κ2) is 9.18. The van der Waals surface area contributed by atoms with E-state index in [0.717, 1.165) is 40.6 Å². The van der Waals surface area contributed by atoms with Gasteiger partial charge in [0.1, 0.15) is 13.2 Å². The molecule has 1 amide bonds. The molecule has 2 aliphatic heterocycles. The van der Waals surface area contributed by atoms with E-state index in [-0.39, 0.29) is 5.91 Å². The zero-order chi connectivity index (χ0) is 20.1. The first kappa shape index (κ1) is 19.6. The lowest BCUT2D eigenvalue weighted by Crippen LogP contribution is -2.30. The summed E-state index contributed by atoms with van der Waals surface area (Å²) in [5.74, 6) is 1.49. The standard InChI is InChI=1S/C23H24N2O3S/c1-2-3-11-25-22(26)21(29-23(25)24-16-17-7-5-4-6-8-17)15-18-9-10-19-20(14-18)28-13-12-27-19/h4-10,14-15H,2-3,11-13,16H2,1H3/b21-15-,24-23?. The number of benzene rings is 2. The van der Waals surface area contributed by atoms with E-state index in [1.807, 2.05) is 54.6 Å². The number of hydrogen-bond acceptors (Lipinski definition) is 5. The third kappa shape index (κ3) is 4.65. The smallest absolute Gasteiger partial charge is 0.266 e. The zero-order valence-electron chi connectivity index (χ0n) is 16.5. The summed E-state index contributed by atoms with van der Waals surface area (Å²) in [6.07, 6.45) is 3.89.